The monoisotopic (exact) mass is 312 g/mol. The number of nitrogens with zero attached hydrogens (tertiary/aromatic N) is 2. The first-order valence-corrected chi connectivity index (χ1v) is 8.83. The molecule has 1 aromatic carbocycles. The van der Waals surface area contributed by atoms with Gasteiger partial charge >= 0.3 is 0 Å². The van der Waals surface area contributed by atoms with Crippen LogP contribution in [0.1, 0.15) is 20.3 Å². The molecule has 1 aromatic rings. The standard InChI is InChI=1S/C14H24N4O2S/c1-3-17(4-2)11-8-9-18(10-11)12-6-5-7-13(14(12)15)21(16,19)20/h5-7,11H,3-4,8-10,15H2,1-2H3,(H2,16,19,20). The minimum atomic E-state index is -3.79. The highest BCUT2D eigenvalue weighted by Crippen LogP contribution is 2.32. The maximum absolute atomic E-state index is 11.6. The Kier molecular flexibility index (Phi) is 4.75. The molecule has 0 aromatic heterocycles. The summed E-state index contributed by atoms with van der Waals surface area (Å²) in [5, 5.41) is 5.21. The lowest BCUT2D eigenvalue weighted by atomic mass is 10.2. The van der Waals surface area contributed by atoms with E-state index in [0.717, 1.165) is 38.3 Å². The fourth-order valence-corrected chi connectivity index (χ4v) is 3.73. The Morgan fingerprint density at radius 3 is 2.57 bits per heavy atom. The van der Waals surface area contributed by atoms with Gasteiger partial charge in [0.05, 0.1) is 11.4 Å². The first-order valence-electron chi connectivity index (χ1n) is 7.28. The van der Waals surface area contributed by atoms with E-state index in [0.29, 0.717) is 6.04 Å². The Hall–Kier alpha value is -1.31. The number of primary sulfonamides is 1. The summed E-state index contributed by atoms with van der Waals surface area (Å²) >= 11 is 0. The second kappa shape index (κ2) is 6.21. The fourth-order valence-electron chi connectivity index (χ4n) is 3.05. The number of likely N-dealkylation sites (N-methyl/N-ethyl adjacent to an activating group) is 1. The van der Waals surface area contributed by atoms with E-state index < -0.39 is 10.0 Å². The molecule has 0 aliphatic carbocycles. The minimum absolute atomic E-state index is 0.00582. The van der Waals surface area contributed by atoms with Gasteiger partial charge in [0.2, 0.25) is 10.0 Å². The molecule has 1 saturated heterocycles. The van der Waals surface area contributed by atoms with Crippen LogP contribution in [0.2, 0.25) is 0 Å². The molecule has 1 fully saturated rings. The van der Waals surface area contributed by atoms with Crippen LogP contribution >= 0.6 is 0 Å². The van der Waals surface area contributed by atoms with Crippen LogP contribution < -0.4 is 15.8 Å². The van der Waals surface area contributed by atoms with Crippen molar-refractivity contribution in [3.63, 3.8) is 0 Å². The van der Waals surface area contributed by atoms with Crippen LogP contribution in [0.5, 0.6) is 0 Å². The third-order valence-corrected chi connectivity index (χ3v) is 5.15. The summed E-state index contributed by atoms with van der Waals surface area (Å²) in [5.41, 5.74) is 7.03. The van der Waals surface area contributed by atoms with Crippen molar-refractivity contribution in [2.75, 3.05) is 36.8 Å². The Balaban J connectivity index is 2.25. The van der Waals surface area contributed by atoms with Crippen LogP contribution in [0.25, 0.3) is 0 Å². The van der Waals surface area contributed by atoms with Gasteiger partial charge in [-0.15, -0.1) is 0 Å². The normalized spacial score (nSPS) is 19.4. The van der Waals surface area contributed by atoms with Crippen molar-refractivity contribution < 1.29 is 8.42 Å². The zero-order valence-electron chi connectivity index (χ0n) is 12.6. The van der Waals surface area contributed by atoms with Crippen LogP contribution in [0.15, 0.2) is 23.1 Å². The molecule has 118 valence electrons. The van der Waals surface area contributed by atoms with E-state index in [1.807, 2.05) is 6.07 Å². The highest BCUT2D eigenvalue weighted by molar-refractivity contribution is 7.89. The van der Waals surface area contributed by atoms with E-state index in [2.05, 4.69) is 23.6 Å². The van der Waals surface area contributed by atoms with E-state index in [9.17, 15) is 8.42 Å². The van der Waals surface area contributed by atoms with Crippen molar-refractivity contribution >= 4 is 21.4 Å². The first-order chi connectivity index (χ1) is 9.88. The summed E-state index contributed by atoms with van der Waals surface area (Å²) in [4.78, 5) is 4.57. The zero-order chi connectivity index (χ0) is 15.6. The van der Waals surface area contributed by atoms with Gasteiger partial charge in [-0.2, -0.15) is 0 Å². The number of rotatable bonds is 5. The molecule has 0 spiro atoms. The number of anilines is 2. The van der Waals surface area contributed by atoms with Crippen molar-refractivity contribution in [3.05, 3.63) is 18.2 Å². The molecule has 1 aliphatic rings. The van der Waals surface area contributed by atoms with Gasteiger partial charge in [0.1, 0.15) is 4.90 Å². The van der Waals surface area contributed by atoms with E-state index in [1.165, 1.54) is 6.07 Å². The number of nitrogens with two attached hydrogens (primary N) is 2. The average Bonchev–Trinajstić information content (AvgIpc) is 2.88. The molecule has 0 amide bonds. The van der Waals surface area contributed by atoms with Crippen LogP contribution in [0.4, 0.5) is 11.4 Å². The van der Waals surface area contributed by atoms with Gasteiger partial charge < -0.3 is 10.6 Å². The van der Waals surface area contributed by atoms with Gasteiger partial charge in [0, 0.05) is 19.1 Å². The summed E-state index contributed by atoms with van der Waals surface area (Å²) in [6.07, 6.45) is 1.06. The number of nitrogen functional groups attached to an aromatic ring is 1. The van der Waals surface area contributed by atoms with Gasteiger partial charge in [-0.25, -0.2) is 13.6 Å². The summed E-state index contributed by atoms with van der Waals surface area (Å²) in [6.45, 7) is 8.08. The predicted octanol–water partition coefficient (Wildman–Crippen LogP) is 0.837. The summed E-state index contributed by atoms with van der Waals surface area (Å²) < 4.78 is 23.1. The number of sulfonamides is 1. The maximum atomic E-state index is 11.6. The highest BCUT2D eigenvalue weighted by atomic mass is 32.2. The van der Waals surface area contributed by atoms with Gasteiger partial charge in [-0.05, 0) is 31.6 Å². The van der Waals surface area contributed by atoms with E-state index in [-0.39, 0.29) is 10.6 Å². The summed E-state index contributed by atoms with van der Waals surface area (Å²) in [6, 6.07) is 5.48. The molecule has 4 N–H and O–H groups in total. The lowest BCUT2D eigenvalue weighted by Gasteiger charge is -2.27. The second-order valence-corrected chi connectivity index (χ2v) is 6.87. The third-order valence-electron chi connectivity index (χ3n) is 4.18. The molecular formula is C14H24N4O2S. The summed E-state index contributed by atoms with van der Waals surface area (Å²) in [7, 11) is -3.79. The van der Waals surface area contributed by atoms with Crippen molar-refractivity contribution in [2.24, 2.45) is 5.14 Å². The smallest absolute Gasteiger partial charge is 0.240 e. The largest absolute Gasteiger partial charge is 0.396 e. The van der Waals surface area contributed by atoms with Crippen molar-refractivity contribution in [2.45, 2.75) is 31.2 Å². The third kappa shape index (κ3) is 3.30. The zero-order valence-corrected chi connectivity index (χ0v) is 13.4. The van der Waals surface area contributed by atoms with Gasteiger partial charge in [0.15, 0.2) is 0 Å². The molecule has 7 heteroatoms. The molecule has 1 aliphatic heterocycles. The molecule has 2 rings (SSSR count). The van der Waals surface area contributed by atoms with E-state index >= 15 is 0 Å². The van der Waals surface area contributed by atoms with E-state index in [4.69, 9.17) is 10.9 Å². The minimum Gasteiger partial charge on any atom is -0.396 e. The fraction of sp³-hybridized carbons (Fsp3) is 0.571. The highest BCUT2D eigenvalue weighted by Gasteiger charge is 2.28. The first kappa shape index (κ1) is 16.1. The Morgan fingerprint density at radius 2 is 2.00 bits per heavy atom. The molecular weight excluding hydrogens is 288 g/mol. The van der Waals surface area contributed by atoms with Crippen molar-refractivity contribution in [1.29, 1.82) is 0 Å². The average molecular weight is 312 g/mol. The second-order valence-electron chi connectivity index (χ2n) is 5.34. The predicted molar refractivity (Wildman–Crippen MR) is 85.8 cm³/mol. The molecule has 6 nitrogen and oxygen atoms in total. The maximum Gasteiger partial charge on any atom is 0.240 e. The lowest BCUT2D eigenvalue weighted by Crippen LogP contribution is -2.37. The number of para-hydroxylation sites is 1. The Bertz CT molecular complexity index is 599. The molecule has 1 atom stereocenters. The van der Waals surface area contributed by atoms with Crippen LogP contribution in [-0.4, -0.2) is 45.5 Å². The van der Waals surface area contributed by atoms with Gasteiger partial charge in [0.25, 0.3) is 0 Å². The van der Waals surface area contributed by atoms with Crippen molar-refractivity contribution in [3.8, 4) is 0 Å². The van der Waals surface area contributed by atoms with Crippen LogP contribution in [-0.2, 0) is 10.0 Å². The number of hydrogen-bond acceptors (Lipinski definition) is 5. The van der Waals surface area contributed by atoms with E-state index in [1.54, 1.807) is 6.07 Å². The van der Waals surface area contributed by atoms with Crippen LogP contribution in [0, 0.1) is 0 Å². The molecule has 21 heavy (non-hydrogen) atoms. The topological polar surface area (TPSA) is 92.7 Å². The Labute approximate surface area is 126 Å². The van der Waals surface area contributed by atoms with Crippen LogP contribution in [0.3, 0.4) is 0 Å². The SMILES string of the molecule is CCN(CC)C1CCN(c2cccc(S(N)(=O)=O)c2N)C1. The number of benzene rings is 1. The molecule has 0 bridgehead atoms. The molecule has 1 heterocycles. The number of hydrogen-bond donors (Lipinski definition) is 2. The summed E-state index contributed by atoms with van der Waals surface area (Å²) in [5.74, 6) is 0. The van der Waals surface area contributed by atoms with Gasteiger partial charge in [-0.1, -0.05) is 19.9 Å². The Morgan fingerprint density at radius 1 is 1.33 bits per heavy atom. The molecule has 0 radical (unpaired) electrons. The van der Waals surface area contributed by atoms with Gasteiger partial charge in [-0.3, -0.25) is 4.90 Å². The molecule has 0 saturated carbocycles. The lowest BCUT2D eigenvalue weighted by molar-refractivity contribution is 0.232. The quantitative estimate of drug-likeness (QED) is 0.786. The van der Waals surface area contributed by atoms with Crippen molar-refractivity contribution in [1.82, 2.24) is 4.90 Å². The molecule has 1 unspecified atom stereocenters.